The third-order valence-corrected chi connectivity index (χ3v) is 0.873. The summed E-state index contributed by atoms with van der Waals surface area (Å²) >= 11 is 0. The van der Waals surface area contributed by atoms with Crippen molar-refractivity contribution in [3.63, 3.8) is 0 Å². The van der Waals surface area contributed by atoms with Crippen LogP contribution in [0.15, 0.2) is 24.6 Å². The first-order valence-corrected chi connectivity index (χ1v) is 3.15. The SMILES string of the molecule is C#COC(C)N/C=C\C(=C)N. The molecule has 0 heterocycles. The van der Waals surface area contributed by atoms with Crippen molar-refractivity contribution in [2.75, 3.05) is 0 Å². The molecule has 0 rings (SSSR count). The van der Waals surface area contributed by atoms with Crippen LogP contribution in [0.4, 0.5) is 0 Å². The number of hydrogen-bond donors (Lipinski definition) is 2. The Hall–Kier alpha value is -1.56. The smallest absolute Gasteiger partial charge is 0.177 e. The van der Waals surface area contributed by atoms with Crippen molar-refractivity contribution in [3.8, 4) is 12.5 Å². The molecule has 0 fully saturated rings. The minimum atomic E-state index is -0.212. The van der Waals surface area contributed by atoms with E-state index in [2.05, 4.69) is 18.0 Å². The lowest BCUT2D eigenvalue weighted by molar-refractivity contribution is 0.165. The normalized spacial score (nSPS) is 12.0. The Morgan fingerprint density at radius 1 is 1.91 bits per heavy atom. The fraction of sp³-hybridized carbons (Fsp3) is 0.250. The summed E-state index contributed by atoms with van der Waals surface area (Å²) in [6, 6.07) is 0. The van der Waals surface area contributed by atoms with E-state index in [1.165, 1.54) is 0 Å². The quantitative estimate of drug-likeness (QED) is 0.350. The topological polar surface area (TPSA) is 47.3 Å². The zero-order valence-electron chi connectivity index (χ0n) is 6.50. The third-order valence-electron chi connectivity index (χ3n) is 0.873. The molecule has 3 heteroatoms. The number of rotatable bonds is 4. The molecule has 0 saturated heterocycles. The first-order chi connectivity index (χ1) is 5.16. The summed E-state index contributed by atoms with van der Waals surface area (Å²) in [5, 5.41) is 2.83. The summed E-state index contributed by atoms with van der Waals surface area (Å²) in [4.78, 5) is 0. The molecule has 3 N–H and O–H groups in total. The first kappa shape index (κ1) is 9.44. The van der Waals surface area contributed by atoms with Crippen molar-refractivity contribution in [2.24, 2.45) is 5.73 Å². The van der Waals surface area contributed by atoms with Gasteiger partial charge in [0.1, 0.15) is 6.11 Å². The highest BCUT2D eigenvalue weighted by Gasteiger charge is 1.92. The van der Waals surface area contributed by atoms with E-state index in [-0.39, 0.29) is 6.23 Å². The summed E-state index contributed by atoms with van der Waals surface area (Å²) in [7, 11) is 0. The van der Waals surface area contributed by atoms with E-state index in [4.69, 9.17) is 16.9 Å². The van der Waals surface area contributed by atoms with Crippen LogP contribution in [-0.2, 0) is 4.74 Å². The third kappa shape index (κ3) is 6.32. The van der Waals surface area contributed by atoms with Crippen LogP contribution in [-0.4, -0.2) is 6.23 Å². The van der Waals surface area contributed by atoms with Gasteiger partial charge in [-0.15, -0.1) is 0 Å². The van der Waals surface area contributed by atoms with E-state index >= 15 is 0 Å². The highest BCUT2D eigenvalue weighted by atomic mass is 16.5. The molecule has 0 aromatic rings. The van der Waals surface area contributed by atoms with Gasteiger partial charge in [-0.1, -0.05) is 13.0 Å². The molecule has 0 radical (unpaired) electrons. The van der Waals surface area contributed by atoms with E-state index < -0.39 is 0 Å². The second-order valence-electron chi connectivity index (χ2n) is 1.95. The average molecular weight is 152 g/mol. The molecule has 0 aromatic heterocycles. The predicted octanol–water partition coefficient (Wildman–Crippen LogP) is 0.515. The van der Waals surface area contributed by atoms with Crippen LogP contribution in [0.25, 0.3) is 0 Å². The Labute approximate surface area is 66.9 Å². The lowest BCUT2D eigenvalue weighted by atomic mass is 10.5. The number of allylic oxidation sites excluding steroid dienone is 1. The van der Waals surface area contributed by atoms with Crippen LogP contribution in [0.5, 0.6) is 0 Å². The van der Waals surface area contributed by atoms with Gasteiger partial charge in [0.25, 0.3) is 0 Å². The molecule has 60 valence electrons. The second kappa shape index (κ2) is 5.24. The molecule has 0 aliphatic heterocycles. The number of ether oxygens (including phenoxy) is 1. The van der Waals surface area contributed by atoms with E-state index in [1.807, 2.05) is 0 Å². The molecular weight excluding hydrogens is 140 g/mol. The molecule has 0 aromatic carbocycles. The Kier molecular flexibility index (Phi) is 4.50. The fourth-order valence-corrected chi connectivity index (χ4v) is 0.427. The molecule has 0 bridgehead atoms. The van der Waals surface area contributed by atoms with Crippen LogP contribution in [0.1, 0.15) is 6.92 Å². The number of nitrogens with two attached hydrogens (primary N) is 1. The Bertz CT molecular complexity index is 191. The van der Waals surface area contributed by atoms with Gasteiger partial charge in [0.05, 0.1) is 0 Å². The van der Waals surface area contributed by atoms with Crippen molar-refractivity contribution < 1.29 is 4.74 Å². The molecule has 0 aliphatic carbocycles. The minimum Gasteiger partial charge on any atom is -0.422 e. The first-order valence-electron chi connectivity index (χ1n) is 3.15. The molecule has 11 heavy (non-hydrogen) atoms. The molecule has 1 atom stereocenters. The monoisotopic (exact) mass is 152 g/mol. The van der Waals surface area contributed by atoms with E-state index in [9.17, 15) is 0 Å². The average Bonchev–Trinajstić information content (AvgIpc) is 1.87. The molecule has 0 amide bonds. The fourth-order valence-electron chi connectivity index (χ4n) is 0.427. The highest BCUT2D eigenvalue weighted by Crippen LogP contribution is 1.84. The summed E-state index contributed by atoms with van der Waals surface area (Å²) in [5.41, 5.74) is 5.73. The largest absolute Gasteiger partial charge is 0.422 e. The van der Waals surface area contributed by atoms with Crippen molar-refractivity contribution in [2.45, 2.75) is 13.2 Å². The lowest BCUT2D eigenvalue weighted by Gasteiger charge is -2.07. The van der Waals surface area contributed by atoms with E-state index in [0.29, 0.717) is 5.70 Å². The maximum absolute atomic E-state index is 5.25. The van der Waals surface area contributed by atoms with Gasteiger partial charge in [0.2, 0.25) is 0 Å². The number of hydrogen-bond acceptors (Lipinski definition) is 3. The van der Waals surface area contributed by atoms with Crippen LogP contribution in [0.3, 0.4) is 0 Å². The summed E-state index contributed by atoms with van der Waals surface area (Å²) < 4.78 is 4.72. The predicted molar refractivity (Wildman–Crippen MR) is 45.0 cm³/mol. The van der Waals surface area contributed by atoms with Crippen molar-refractivity contribution in [1.29, 1.82) is 0 Å². The van der Waals surface area contributed by atoms with Crippen molar-refractivity contribution in [3.05, 3.63) is 24.6 Å². The van der Waals surface area contributed by atoms with Gasteiger partial charge in [-0.2, -0.15) is 0 Å². The molecular formula is C8H12N2O. The van der Waals surface area contributed by atoms with Crippen LogP contribution in [0, 0.1) is 12.5 Å². The van der Waals surface area contributed by atoms with Crippen molar-refractivity contribution >= 4 is 0 Å². The zero-order valence-corrected chi connectivity index (χ0v) is 6.50. The minimum absolute atomic E-state index is 0.212. The molecule has 3 nitrogen and oxygen atoms in total. The Morgan fingerprint density at radius 2 is 2.55 bits per heavy atom. The molecule has 0 aliphatic rings. The summed E-state index contributed by atoms with van der Waals surface area (Å²) in [5.74, 6) is 0. The van der Waals surface area contributed by atoms with Gasteiger partial charge in [0, 0.05) is 11.9 Å². The van der Waals surface area contributed by atoms with Gasteiger partial charge >= 0.3 is 0 Å². The van der Waals surface area contributed by atoms with Crippen LogP contribution < -0.4 is 11.1 Å². The van der Waals surface area contributed by atoms with E-state index in [1.54, 1.807) is 19.2 Å². The van der Waals surface area contributed by atoms with Crippen molar-refractivity contribution in [1.82, 2.24) is 5.32 Å². The van der Waals surface area contributed by atoms with Gasteiger partial charge in [-0.05, 0) is 13.0 Å². The van der Waals surface area contributed by atoms with Crippen LogP contribution in [0.2, 0.25) is 0 Å². The standard InChI is InChI=1S/C8H12N2O/c1-4-11-8(3)10-6-5-7(2)9/h1,5-6,8,10H,2,9H2,3H3/b6-5-. The lowest BCUT2D eigenvalue weighted by Crippen LogP contribution is -2.21. The Morgan fingerprint density at radius 3 is 3.00 bits per heavy atom. The summed E-state index contributed by atoms with van der Waals surface area (Å²) in [6.45, 7) is 5.25. The summed E-state index contributed by atoms with van der Waals surface area (Å²) in [6.07, 6.45) is 9.98. The molecule has 0 spiro atoms. The number of terminal acetylenes is 1. The number of nitrogens with one attached hydrogen (secondary N) is 1. The van der Waals surface area contributed by atoms with E-state index in [0.717, 1.165) is 0 Å². The van der Waals surface area contributed by atoms with Crippen LogP contribution >= 0.6 is 0 Å². The van der Waals surface area contributed by atoms with Gasteiger partial charge in [0.15, 0.2) is 6.23 Å². The second-order valence-corrected chi connectivity index (χ2v) is 1.95. The zero-order chi connectivity index (χ0) is 8.69. The highest BCUT2D eigenvalue weighted by molar-refractivity contribution is 5.08. The molecule has 0 saturated carbocycles. The van der Waals surface area contributed by atoms with Gasteiger partial charge in [-0.25, -0.2) is 0 Å². The molecule has 1 unspecified atom stereocenters. The maximum Gasteiger partial charge on any atom is 0.177 e. The maximum atomic E-state index is 5.25. The Balaban J connectivity index is 3.54. The van der Waals surface area contributed by atoms with Gasteiger partial charge in [-0.3, -0.25) is 0 Å². The van der Waals surface area contributed by atoms with Gasteiger partial charge < -0.3 is 15.8 Å².